The van der Waals surface area contributed by atoms with Crippen LogP contribution in [0, 0.1) is 0 Å². The number of carbonyl (C=O) groups is 2. The first-order chi connectivity index (χ1) is 9.08. The Labute approximate surface area is 129 Å². The first kappa shape index (κ1) is 18.1. The molecule has 21 heavy (non-hydrogen) atoms. The number of nitrogens with zero attached hydrogens (tertiary/aromatic N) is 1. The van der Waals surface area contributed by atoms with Crippen molar-refractivity contribution >= 4 is 24.2 Å². The minimum atomic E-state index is -2.83. The Morgan fingerprint density at radius 3 is 2.48 bits per heavy atom. The van der Waals surface area contributed by atoms with Crippen molar-refractivity contribution in [3.8, 4) is 0 Å². The van der Waals surface area contributed by atoms with Crippen LogP contribution in [0.15, 0.2) is 0 Å². The van der Waals surface area contributed by atoms with Crippen LogP contribution in [-0.4, -0.2) is 53.3 Å². The van der Waals surface area contributed by atoms with Crippen molar-refractivity contribution in [1.82, 2.24) is 15.5 Å². The third-order valence-electron chi connectivity index (χ3n) is 3.71. The molecule has 2 amide bonds. The van der Waals surface area contributed by atoms with E-state index in [-0.39, 0.29) is 36.3 Å². The first-order valence-corrected chi connectivity index (χ1v) is 6.80. The molecule has 2 unspecified atom stereocenters. The van der Waals surface area contributed by atoms with Crippen LogP contribution < -0.4 is 10.6 Å². The topological polar surface area (TPSA) is 61.4 Å². The van der Waals surface area contributed by atoms with E-state index >= 15 is 0 Å². The quantitative estimate of drug-likeness (QED) is 0.793. The van der Waals surface area contributed by atoms with Gasteiger partial charge in [-0.25, -0.2) is 8.78 Å². The molecule has 122 valence electrons. The van der Waals surface area contributed by atoms with E-state index in [4.69, 9.17) is 0 Å². The molecule has 2 saturated heterocycles. The van der Waals surface area contributed by atoms with E-state index in [0.717, 1.165) is 0 Å². The molecule has 0 bridgehead atoms. The van der Waals surface area contributed by atoms with E-state index in [9.17, 15) is 18.4 Å². The minimum Gasteiger partial charge on any atom is -0.350 e. The van der Waals surface area contributed by atoms with E-state index in [1.165, 1.54) is 0 Å². The predicted molar refractivity (Wildman–Crippen MR) is 76.6 cm³/mol. The number of carbonyl (C=O) groups excluding carboxylic acids is 2. The van der Waals surface area contributed by atoms with Gasteiger partial charge in [-0.15, -0.1) is 12.4 Å². The summed E-state index contributed by atoms with van der Waals surface area (Å²) in [6, 6.07) is -1.17. The average molecular weight is 326 g/mol. The molecule has 0 aromatic carbocycles. The standard InChI is InChI=1S/C13H21F2N3O2.ClH/c1-12(2,3)18-6-8(4-10(18)19)17-11(20)9-5-13(14,15)7-16-9;/h8-9,16H,4-7H2,1-3H3,(H,17,20);1H. The molecule has 2 rings (SSSR count). The molecule has 0 spiro atoms. The molecule has 0 aromatic rings. The number of halogens is 3. The lowest BCUT2D eigenvalue weighted by atomic mass is 10.1. The van der Waals surface area contributed by atoms with E-state index < -0.39 is 30.8 Å². The van der Waals surface area contributed by atoms with Gasteiger partial charge in [-0.2, -0.15) is 0 Å². The minimum absolute atomic E-state index is 0. The van der Waals surface area contributed by atoms with Crippen molar-refractivity contribution in [2.75, 3.05) is 13.1 Å². The summed E-state index contributed by atoms with van der Waals surface area (Å²) in [7, 11) is 0. The zero-order chi connectivity index (χ0) is 15.1. The van der Waals surface area contributed by atoms with Gasteiger partial charge in [-0.1, -0.05) is 0 Å². The molecule has 2 aliphatic rings. The average Bonchev–Trinajstić information content (AvgIpc) is 2.81. The fourth-order valence-corrected chi connectivity index (χ4v) is 2.66. The molecule has 8 heteroatoms. The summed E-state index contributed by atoms with van der Waals surface area (Å²) in [5.74, 6) is -3.30. The monoisotopic (exact) mass is 325 g/mol. The van der Waals surface area contributed by atoms with Crippen LogP contribution in [-0.2, 0) is 9.59 Å². The zero-order valence-corrected chi connectivity index (χ0v) is 13.2. The van der Waals surface area contributed by atoms with Crippen molar-refractivity contribution in [2.45, 2.75) is 57.2 Å². The van der Waals surface area contributed by atoms with Crippen LogP contribution in [0.1, 0.15) is 33.6 Å². The third kappa shape index (κ3) is 4.26. The number of rotatable bonds is 2. The molecule has 2 aliphatic heterocycles. The van der Waals surface area contributed by atoms with Crippen molar-refractivity contribution in [3.63, 3.8) is 0 Å². The highest BCUT2D eigenvalue weighted by Gasteiger charge is 2.44. The van der Waals surface area contributed by atoms with Gasteiger partial charge < -0.3 is 10.2 Å². The van der Waals surface area contributed by atoms with E-state index in [2.05, 4.69) is 10.6 Å². The molecular weight excluding hydrogens is 304 g/mol. The SMILES string of the molecule is CC(C)(C)N1CC(NC(=O)C2CC(F)(F)CN2)CC1=O.Cl. The van der Waals surface area contributed by atoms with Crippen LogP contribution in [0.25, 0.3) is 0 Å². The van der Waals surface area contributed by atoms with Crippen molar-refractivity contribution in [1.29, 1.82) is 0 Å². The number of hydrogen-bond acceptors (Lipinski definition) is 3. The van der Waals surface area contributed by atoms with Crippen LogP contribution in [0.2, 0.25) is 0 Å². The van der Waals surface area contributed by atoms with E-state index in [1.807, 2.05) is 20.8 Å². The number of alkyl halides is 2. The van der Waals surface area contributed by atoms with Crippen molar-refractivity contribution in [3.05, 3.63) is 0 Å². The third-order valence-corrected chi connectivity index (χ3v) is 3.71. The maximum absolute atomic E-state index is 13.0. The van der Waals surface area contributed by atoms with Gasteiger partial charge >= 0.3 is 0 Å². The van der Waals surface area contributed by atoms with Crippen LogP contribution in [0.3, 0.4) is 0 Å². The van der Waals surface area contributed by atoms with Gasteiger partial charge in [-0.05, 0) is 20.8 Å². The maximum Gasteiger partial charge on any atom is 0.262 e. The first-order valence-electron chi connectivity index (χ1n) is 6.80. The van der Waals surface area contributed by atoms with Crippen LogP contribution >= 0.6 is 12.4 Å². The van der Waals surface area contributed by atoms with E-state index in [1.54, 1.807) is 4.90 Å². The predicted octanol–water partition coefficient (Wildman–Crippen LogP) is 0.921. The summed E-state index contributed by atoms with van der Waals surface area (Å²) < 4.78 is 26.1. The Kier molecular flexibility index (Phi) is 5.21. The lowest BCUT2D eigenvalue weighted by Gasteiger charge is -2.32. The van der Waals surface area contributed by atoms with Gasteiger partial charge in [0.2, 0.25) is 11.8 Å². The summed E-state index contributed by atoms with van der Waals surface area (Å²) in [4.78, 5) is 25.5. The molecular formula is C13H22ClF2N3O2. The second kappa shape index (κ2) is 6.04. The summed E-state index contributed by atoms with van der Waals surface area (Å²) in [6.07, 6.45) is -0.255. The van der Waals surface area contributed by atoms with Gasteiger partial charge in [0, 0.05) is 24.9 Å². The zero-order valence-electron chi connectivity index (χ0n) is 12.4. The number of amides is 2. The molecule has 0 aliphatic carbocycles. The molecule has 2 atom stereocenters. The van der Waals surface area contributed by atoms with Crippen molar-refractivity contribution in [2.24, 2.45) is 0 Å². The fourth-order valence-electron chi connectivity index (χ4n) is 2.66. The Balaban J connectivity index is 0.00000220. The Hall–Kier alpha value is -0.950. The van der Waals surface area contributed by atoms with Gasteiger partial charge in [0.1, 0.15) is 0 Å². The largest absolute Gasteiger partial charge is 0.350 e. The van der Waals surface area contributed by atoms with Gasteiger partial charge in [-0.3, -0.25) is 14.9 Å². The summed E-state index contributed by atoms with van der Waals surface area (Å²) in [5.41, 5.74) is -0.296. The van der Waals surface area contributed by atoms with E-state index in [0.29, 0.717) is 6.54 Å². The summed E-state index contributed by atoms with van der Waals surface area (Å²) in [5, 5.41) is 5.21. The highest BCUT2D eigenvalue weighted by molar-refractivity contribution is 5.85. The highest BCUT2D eigenvalue weighted by atomic mass is 35.5. The fraction of sp³-hybridized carbons (Fsp3) is 0.846. The van der Waals surface area contributed by atoms with Gasteiger partial charge in [0.25, 0.3) is 5.92 Å². The van der Waals surface area contributed by atoms with Crippen LogP contribution in [0.5, 0.6) is 0 Å². The lowest BCUT2D eigenvalue weighted by molar-refractivity contribution is -0.131. The molecule has 2 N–H and O–H groups in total. The van der Waals surface area contributed by atoms with Crippen LogP contribution in [0.4, 0.5) is 8.78 Å². The Morgan fingerprint density at radius 2 is 2.05 bits per heavy atom. The van der Waals surface area contributed by atoms with Gasteiger partial charge in [0.15, 0.2) is 0 Å². The molecule has 0 aromatic heterocycles. The summed E-state index contributed by atoms with van der Waals surface area (Å²) >= 11 is 0. The molecule has 5 nitrogen and oxygen atoms in total. The maximum atomic E-state index is 13.0. The van der Waals surface area contributed by atoms with Gasteiger partial charge in [0.05, 0.1) is 18.6 Å². The normalized spacial score (nSPS) is 28.4. The number of nitrogens with one attached hydrogen (secondary N) is 2. The molecule has 0 radical (unpaired) electrons. The number of hydrogen-bond donors (Lipinski definition) is 2. The second-order valence-electron chi connectivity index (χ2n) is 6.58. The summed E-state index contributed by atoms with van der Waals surface area (Å²) in [6.45, 7) is 5.73. The Morgan fingerprint density at radius 1 is 1.43 bits per heavy atom. The smallest absolute Gasteiger partial charge is 0.262 e. The number of likely N-dealkylation sites (tertiary alicyclic amines) is 1. The lowest BCUT2D eigenvalue weighted by Crippen LogP contribution is -2.48. The second-order valence-corrected chi connectivity index (χ2v) is 6.58. The molecule has 2 heterocycles. The Bertz CT molecular complexity index is 426. The van der Waals surface area contributed by atoms with Crippen molar-refractivity contribution < 1.29 is 18.4 Å². The molecule has 2 fully saturated rings. The molecule has 0 saturated carbocycles. The highest BCUT2D eigenvalue weighted by Crippen LogP contribution is 2.26.